The number of fused-ring (bicyclic) bond motifs is 1. The van der Waals surface area contributed by atoms with Gasteiger partial charge in [0.15, 0.2) is 17.3 Å². The van der Waals surface area contributed by atoms with Crippen LogP contribution in [0.4, 0.5) is 5.82 Å². The van der Waals surface area contributed by atoms with Crippen LogP contribution in [0.1, 0.15) is 17.0 Å². The second kappa shape index (κ2) is 10.5. The van der Waals surface area contributed by atoms with Crippen molar-refractivity contribution < 1.29 is 14.2 Å². The number of hydrogen-bond donors (Lipinski definition) is 1. The number of nitrogens with zero attached hydrogens (tertiary/aromatic N) is 3. The Bertz CT molecular complexity index is 1240. The van der Waals surface area contributed by atoms with Crippen molar-refractivity contribution in [3.63, 3.8) is 0 Å². The molecule has 7 heteroatoms. The number of methoxy groups -OCH3 is 3. The molecule has 168 valence electrons. The summed E-state index contributed by atoms with van der Waals surface area (Å²) in [5.74, 6) is 3.40. The van der Waals surface area contributed by atoms with Crippen molar-refractivity contribution >= 4 is 28.9 Å². The quantitative estimate of drug-likeness (QED) is 0.396. The SMILES string of the molecule is COc1ccc(/C=C/c2nc(NCCc3ccncc3)c3cc(OC)c(OC)cc3n2)cc1. The molecule has 0 amide bonds. The molecule has 0 spiro atoms. The summed E-state index contributed by atoms with van der Waals surface area (Å²) in [6.07, 6.45) is 8.32. The summed E-state index contributed by atoms with van der Waals surface area (Å²) in [4.78, 5) is 13.6. The lowest BCUT2D eigenvalue weighted by Gasteiger charge is -2.13. The van der Waals surface area contributed by atoms with E-state index >= 15 is 0 Å². The standard InChI is InChI=1S/C26H26N4O3/c1-31-20-7-4-18(5-8-20)6-9-25-29-22-17-24(33-3)23(32-2)16-21(22)26(30-25)28-15-12-19-10-13-27-14-11-19/h4-11,13-14,16-17H,12,15H2,1-3H3,(H,28,29,30)/b9-6+. The third-order valence-corrected chi connectivity index (χ3v) is 5.21. The van der Waals surface area contributed by atoms with Crippen molar-refractivity contribution in [1.82, 2.24) is 15.0 Å². The molecular formula is C26H26N4O3. The Labute approximate surface area is 193 Å². The molecule has 33 heavy (non-hydrogen) atoms. The first kappa shape index (κ1) is 22.1. The minimum absolute atomic E-state index is 0.594. The first-order chi connectivity index (χ1) is 16.2. The highest BCUT2D eigenvalue weighted by molar-refractivity contribution is 5.92. The summed E-state index contributed by atoms with van der Waals surface area (Å²) < 4.78 is 16.2. The third-order valence-electron chi connectivity index (χ3n) is 5.21. The van der Waals surface area contributed by atoms with E-state index in [1.807, 2.05) is 60.7 Å². The van der Waals surface area contributed by atoms with Gasteiger partial charge in [-0.25, -0.2) is 9.97 Å². The minimum Gasteiger partial charge on any atom is -0.497 e. The molecule has 0 radical (unpaired) electrons. The van der Waals surface area contributed by atoms with Crippen LogP contribution in [0.3, 0.4) is 0 Å². The van der Waals surface area contributed by atoms with Gasteiger partial charge in [-0.15, -0.1) is 0 Å². The van der Waals surface area contributed by atoms with Crippen molar-refractivity contribution in [3.8, 4) is 17.2 Å². The highest BCUT2D eigenvalue weighted by atomic mass is 16.5. The first-order valence-corrected chi connectivity index (χ1v) is 10.6. The molecule has 0 aliphatic rings. The molecule has 2 heterocycles. The van der Waals surface area contributed by atoms with E-state index in [9.17, 15) is 0 Å². The largest absolute Gasteiger partial charge is 0.497 e. The Balaban J connectivity index is 1.66. The zero-order chi connectivity index (χ0) is 23.0. The molecule has 0 bridgehead atoms. The number of hydrogen-bond acceptors (Lipinski definition) is 7. The van der Waals surface area contributed by atoms with Gasteiger partial charge in [0.1, 0.15) is 11.6 Å². The second-order valence-corrected chi connectivity index (χ2v) is 7.29. The van der Waals surface area contributed by atoms with Crippen molar-refractivity contribution in [3.05, 3.63) is 77.9 Å². The number of benzene rings is 2. The number of anilines is 1. The van der Waals surface area contributed by atoms with Crippen LogP contribution in [0, 0.1) is 0 Å². The van der Waals surface area contributed by atoms with Crippen LogP contribution in [0.15, 0.2) is 60.9 Å². The third kappa shape index (κ3) is 5.38. The summed E-state index contributed by atoms with van der Waals surface area (Å²) in [6, 6.07) is 15.6. The average molecular weight is 443 g/mol. The fourth-order valence-corrected chi connectivity index (χ4v) is 3.44. The normalized spacial score (nSPS) is 11.0. The molecule has 0 fully saturated rings. The molecule has 0 aliphatic heterocycles. The summed E-state index contributed by atoms with van der Waals surface area (Å²) in [6.45, 7) is 0.714. The summed E-state index contributed by atoms with van der Waals surface area (Å²) >= 11 is 0. The number of rotatable bonds is 9. The van der Waals surface area contributed by atoms with E-state index in [-0.39, 0.29) is 0 Å². The van der Waals surface area contributed by atoms with Gasteiger partial charge in [0.25, 0.3) is 0 Å². The molecule has 0 atom stereocenters. The molecule has 0 saturated carbocycles. The van der Waals surface area contributed by atoms with Crippen LogP contribution in [-0.2, 0) is 6.42 Å². The Morgan fingerprint density at radius 3 is 2.24 bits per heavy atom. The summed E-state index contributed by atoms with van der Waals surface area (Å²) in [7, 11) is 4.89. The molecule has 0 unspecified atom stereocenters. The Hall–Kier alpha value is -4.13. The first-order valence-electron chi connectivity index (χ1n) is 10.6. The fourth-order valence-electron chi connectivity index (χ4n) is 3.44. The number of ether oxygens (including phenoxy) is 3. The average Bonchev–Trinajstić information content (AvgIpc) is 2.87. The number of pyridine rings is 1. The van der Waals surface area contributed by atoms with Crippen LogP contribution in [0.5, 0.6) is 17.2 Å². The van der Waals surface area contributed by atoms with E-state index < -0.39 is 0 Å². The van der Waals surface area contributed by atoms with Crippen molar-refractivity contribution in [1.29, 1.82) is 0 Å². The molecule has 0 saturated heterocycles. The monoisotopic (exact) mass is 442 g/mol. The van der Waals surface area contributed by atoms with Crippen LogP contribution in [0.25, 0.3) is 23.1 Å². The highest BCUT2D eigenvalue weighted by Crippen LogP contribution is 2.34. The molecule has 4 aromatic rings. The van der Waals surface area contributed by atoms with Gasteiger partial charge in [-0.2, -0.15) is 0 Å². The number of nitrogens with one attached hydrogen (secondary N) is 1. The van der Waals surface area contributed by atoms with Gasteiger partial charge in [0, 0.05) is 30.4 Å². The van der Waals surface area contributed by atoms with Crippen LogP contribution in [-0.4, -0.2) is 42.8 Å². The van der Waals surface area contributed by atoms with Gasteiger partial charge in [-0.05, 0) is 54.0 Å². The van der Waals surface area contributed by atoms with Gasteiger partial charge in [-0.1, -0.05) is 18.2 Å². The maximum Gasteiger partial charge on any atom is 0.162 e. The molecule has 1 N–H and O–H groups in total. The van der Waals surface area contributed by atoms with E-state index in [0.29, 0.717) is 23.9 Å². The molecular weight excluding hydrogens is 416 g/mol. The van der Waals surface area contributed by atoms with E-state index in [4.69, 9.17) is 24.2 Å². The summed E-state index contributed by atoms with van der Waals surface area (Å²) in [5.41, 5.74) is 3.00. The predicted octanol–water partition coefficient (Wildman–Crippen LogP) is 4.88. The lowest BCUT2D eigenvalue weighted by Crippen LogP contribution is -2.08. The van der Waals surface area contributed by atoms with E-state index in [1.54, 1.807) is 33.7 Å². The summed E-state index contributed by atoms with van der Waals surface area (Å²) in [5, 5.41) is 4.33. The van der Waals surface area contributed by atoms with Gasteiger partial charge in [0.2, 0.25) is 0 Å². The van der Waals surface area contributed by atoms with E-state index in [1.165, 1.54) is 5.56 Å². The zero-order valence-corrected chi connectivity index (χ0v) is 18.9. The minimum atomic E-state index is 0.594. The molecule has 0 aliphatic carbocycles. The van der Waals surface area contributed by atoms with Crippen LogP contribution in [0.2, 0.25) is 0 Å². The Kier molecular flexibility index (Phi) is 6.99. The van der Waals surface area contributed by atoms with Crippen LogP contribution < -0.4 is 19.5 Å². The molecule has 2 aromatic heterocycles. The Morgan fingerprint density at radius 1 is 0.818 bits per heavy atom. The molecule has 4 rings (SSSR count). The molecule has 7 nitrogen and oxygen atoms in total. The van der Waals surface area contributed by atoms with Crippen molar-refractivity contribution in [2.45, 2.75) is 6.42 Å². The highest BCUT2D eigenvalue weighted by Gasteiger charge is 2.12. The maximum absolute atomic E-state index is 5.49. The zero-order valence-electron chi connectivity index (χ0n) is 18.9. The van der Waals surface area contributed by atoms with E-state index in [0.717, 1.165) is 34.5 Å². The van der Waals surface area contributed by atoms with Crippen LogP contribution >= 0.6 is 0 Å². The predicted molar refractivity (Wildman–Crippen MR) is 131 cm³/mol. The van der Waals surface area contributed by atoms with Gasteiger partial charge < -0.3 is 19.5 Å². The van der Waals surface area contributed by atoms with E-state index in [2.05, 4.69) is 10.3 Å². The lowest BCUT2D eigenvalue weighted by molar-refractivity contribution is 0.356. The smallest absolute Gasteiger partial charge is 0.162 e. The lowest BCUT2D eigenvalue weighted by atomic mass is 10.1. The van der Waals surface area contributed by atoms with Crippen molar-refractivity contribution in [2.75, 3.05) is 33.2 Å². The maximum atomic E-state index is 5.49. The second-order valence-electron chi connectivity index (χ2n) is 7.29. The van der Waals surface area contributed by atoms with Crippen molar-refractivity contribution in [2.24, 2.45) is 0 Å². The topological polar surface area (TPSA) is 78.4 Å². The number of aromatic nitrogens is 3. The van der Waals surface area contributed by atoms with Gasteiger partial charge in [-0.3, -0.25) is 4.98 Å². The fraction of sp³-hybridized carbons (Fsp3) is 0.192. The van der Waals surface area contributed by atoms with Gasteiger partial charge in [0.05, 0.1) is 26.8 Å². The van der Waals surface area contributed by atoms with Gasteiger partial charge >= 0.3 is 0 Å². The molecule has 2 aromatic carbocycles. The Morgan fingerprint density at radius 2 is 1.55 bits per heavy atom.